The van der Waals surface area contributed by atoms with E-state index in [1.54, 1.807) is 7.11 Å². The molecule has 0 radical (unpaired) electrons. The Bertz CT molecular complexity index is 954. The van der Waals surface area contributed by atoms with Crippen LogP contribution in [0.2, 0.25) is 0 Å². The molecule has 3 heterocycles. The summed E-state index contributed by atoms with van der Waals surface area (Å²) >= 11 is 0. The molecule has 2 aromatic rings. The number of carbonyl (C=O) groups excluding carboxylic acids is 1. The van der Waals surface area contributed by atoms with Crippen LogP contribution >= 0.6 is 0 Å². The number of nitrogens with zero attached hydrogens (tertiary/aromatic N) is 3. The van der Waals surface area contributed by atoms with Crippen LogP contribution in [-0.4, -0.2) is 65.8 Å². The van der Waals surface area contributed by atoms with Gasteiger partial charge in [-0.05, 0) is 37.6 Å². The summed E-state index contributed by atoms with van der Waals surface area (Å²) < 4.78 is 7.65. The van der Waals surface area contributed by atoms with Crippen LogP contribution in [0.25, 0.3) is 10.9 Å². The smallest absolute Gasteiger partial charge is 0.226 e. The van der Waals surface area contributed by atoms with Crippen molar-refractivity contribution >= 4 is 16.8 Å². The number of carbonyl (C=O) groups is 1. The quantitative estimate of drug-likeness (QED) is 0.864. The van der Waals surface area contributed by atoms with Gasteiger partial charge in [0.25, 0.3) is 0 Å². The van der Waals surface area contributed by atoms with E-state index < -0.39 is 0 Å². The van der Waals surface area contributed by atoms with Crippen molar-refractivity contribution in [2.75, 3.05) is 40.4 Å². The summed E-state index contributed by atoms with van der Waals surface area (Å²) in [7, 11) is 5.88. The second-order valence-corrected chi connectivity index (χ2v) is 9.30. The second-order valence-electron chi connectivity index (χ2n) is 9.30. The molecule has 1 saturated carbocycles. The van der Waals surface area contributed by atoms with Crippen LogP contribution in [-0.2, 0) is 17.3 Å². The molecule has 1 N–H and O–H groups in total. The molecule has 3 aliphatic rings. The molecule has 0 bridgehead atoms. The number of aromatic nitrogens is 1. The Morgan fingerprint density at radius 1 is 1.21 bits per heavy atom. The maximum atomic E-state index is 13.5. The Balaban J connectivity index is 1.68. The Morgan fingerprint density at radius 3 is 2.55 bits per heavy atom. The van der Waals surface area contributed by atoms with E-state index in [0.717, 1.165) is 55.7 Å². The minimum atomic E-state index is -0.280. The number of likely N-dealkylation sites (N-methyl/N-ethyl adjacent to an activating group) is 1. The number of ether oxygens (including phenoxy) is 1. The molecule has 1 spiro atoms. The van der Waals surface area contributed by atoms with E-state index in [1.807, 2.05) is 11.0 Å². The van der Waals surface area contributed by atoms with Gasteiger partial charge in [-0.3, -0.25) is 4.79 Å². The topological polar surface area (TPSA) is 57.9 Å². The van der Waals surface area contributed by atoms with Crippen molar-refractivity contribution in [3.8, 4) is 5.75 Å². The van der Waals surface area contributed by atoms with Crippen LogP contribution in [0.1, 0.15) is 43.0 Å². The molecule has 1 saturated heterocycles. The number of hydrogen-bond acceptors (Lipinski definition) is 4. The average molecular weight is 398 g/mol. The highest BCUT2D eigenvalue weighted by Crippen LogP contribution is 2.49. The van der Waals surface area contributed by atoms with Crippen LogP contribution in [0.5, 0.6) is 5.75 Å². The molecule has 5 rings (SSSR count). The largest absolute Gasteiger partial charge is 0.497 e. The third-order valence-corrected chi connectivity index (χ3v) is 7.45. The van der Waals surface area contributed by atoms with Crippen LogP contribution in [0.15, 0.2) is 18.2 Å². The van der Waals surface area contributed by atoms with Crippen molar-refractivity contribution in [1.29, 1.82) is 0 Å². The summed E-state index contributed by atoms with van der Waals surface area (Å²) in [6.07, 6.45) is 4.25. The third kappa shape index (κ3) is 2.65. The molecule has 1 aromatic heterocycles. The van der Waals surface area contributed by atoms with Crippen molar-refractivity contribution in [2.45, 2.75) is 37.1 Å². The summed E-state index contributed by atoms with van der Waals surface area (Å²) in [5.74, 6) is 1.19. The fraction of sp³-hybridized carbons (Fsp3) is 0.609. The predicted octanol–water partition coefficient (Wildman–Crippen LogP) is 2.44. The van der Waals surface area contributed by atoms with Crippen LogP contribution in [0.4, 0.5) is 0 Å². The lowest BCUT2D eigenvalue weighted by Gasteiger charge is -2.55. The molecule has 29 heavy (non-hydrogen) atoms. The Kier molecular flexibility index (Phi) is 4.40. The SMILES string of the molecule is COc1ccc2c3c(n(C)c2c1)[C@@H](CO)N(C(=O)C1CCCC1)CC31CN(C)C1. The number of aliphatic hydroxyl groups excluding tert-OH is 1. The average Bonchev–Trinajstić information content (AvgIpc) is 3.34. The molecule has 6 heteroatoms. The van der Waals surface area contributed by atoms with Gasteiger partial charge in [0, 0.05) is 55.2 Å². The van der Waals surface area contributed by atoms with Gasteiger partial charge in [-0.1, -0.05) is 12.8 Å². The highest BCUT2D eigenvalue weighted by atomic mass is 16.5. The highest BCUT2D eigenvalue weighted by Gasteiger charge is 2.53. The zero-order valence-electron chi connectivity index (χ0n) is 17.6. The molecule has 6 nitrogen and oxygen atoms in total. The lowest BCUT2D eigenvalue weighted by Crippen LogP contribution is -2.66. The van der Waals surface area contributed by atoms with Crippen LogP contribution < -0.4 is 4.74 Å². The number of fused-ring (bicyclic) bond motifs is 4. The molecule has 2 aliphatic heterocycles. The number of amides is 1. The lowest BCUT2D eigenvalue weighted by molar-refractivity contribution is -0.143. The van der Waals surface area contributed by atoms with E-state index in [2.05, 4.69) is 35.7 Å². The van der Waals surface area contributed by atoms with E-state index in [4.69, 9.17) is 4.74 Å². The standard InChI is InChI=1S/C23H31N3O3/c1-24-12-23(13-24)14-26(22(28)15-6-4-5-7-15)19(11-27)21-20(23)17-9-8-16(29-3)10-18(17)25(21)2/h8-10,15,19,27H,4-7,11-14H2,1-3H3/t19-/m1/s1. The zero-order chi connectivity index (χ0) is 20.3. The van der Waals surface area contributed by atoms with Crippen LogP contribution in [0, 0.1) is 5.92 Å². The number of benzene rings is 1. The fourth-order valence-electron chi connectivity index (χ4n) is 6.24. The molecule has 156 valence electrons. The Labute approximate surface area is 172 Å². The summed E-state index contributed by atoms with van der Waals surface area (Å²) in [5.41, 5.74) is 3.47. The normalized spacial score (nSPS) is 24.1. The van der Waals surface area contributed by atoms with E-state index in [-0.39, 0.29) is 29.9 Å². The fourth-order valence-corrected chi connectivity index (χ4v) is 6.24. The van der Waals surface area contributed by atoms with Gasteiger partial charge in [0.2, 0.25) is 5.91 Å². The minimum absolute atomic E-state index is 0.0430. The van der Waals surface area contributed by atoms with Crippen molar-refractivity contribution < 1.29 is 14.6 Å². The first-order valence-corrected chi connectivity index (χ1v) is 10.8. The van der Waals surface area contributed by atoms with Crippen molar-refractivity contribution in [3.63, 3.8) is 0 Å². The van der Waals surface area contributed by atoms with Gasteiger partial charge in [-0.15, -0.1) is 0 Å². The monoisotopic (exact) mass is 397 g/mol. The van der Waals surface area contributed by atoms with E-state index in [0.29, 0.717) is 6.54 Å². The minimum Gasteiger partial charge on any atom is -0.497 e. The van der Waals surface area contributed by atoms with Crippen molar-refractivity contribution in [3.05, 3.63) is 29.5 Å². The van der Waals surface area contributed by atoms with Gasteiger partial charge < -0.3 is 24.2 Å². The first kappa shape index (κ1) is 18.9. The third-order valence-electron chi connectivity index (χ3n) is 7.45. The molecule has 1 atom stereocenters. The lowest BCUT2D eigenvalue weighted by atomic mass is 9.68. The number of methoxy groups -OCH3 is 1. The molecule has 1 amide bonds. The van der Waals surface area contributed by atoms with Crippen molar-refractivity contribution in [2.24, 2.45) is 13.0 Å². The number of rotatable bonds is 3. The summed E-state index contributed by atoms with van der Waals surface area (Å²) in [6, 6.07) is 5.96. The predicted molar refractivity (Wildman–Crippen MR) is 112 cm³/mol. The Hall–Kier alpha value is -2.05. The summed E-state index contributed by atoms with van der Waals surface area (Å²) in [4.78, 5) is 17.8. The van der Waals surface area contributed by atoms with Gasteiger partial charge in [-0.2, -0.15) is 0 Å². The highest BCUT2D eigenvalue weighted by molar-refractivity contribution is 5.90. The maximum Gasteiger partial charge on any atom is 0.226 e. The van der Waals surface area contributed by atoms with Gasteiger partial charge in [0.05, 0.1) is 25.3 Å². The molecule has 2 fully saturated rings. The second kappa shape index (κ2) is 6.74. The van der Waals surface area contributed by atoms with Gasteiger partial charge in [-0.25, -0.2) is 0 Å². The van der Waals surface area contributed by atoms with Gasteiger partial charge in [0.15, 0.2) is 0 Å². The zero-order valence-corrected chi connectivity index (χ0v) is 17.6. The molecule has 0 unspecified atom stereocenters. The number of likely N-dealkylation sites (tertiary alicyclic amines) is 1. The van der Waals surface area contributed by atoms with E-state index >= 15 is 0 Å². The van der Waals surface area contributed by atoms with Crippen LogP contribution in [0.3, 0.4) is 0 Å². The number of aliphatic hydroxyl groups is 1. The molecule has 1 aromatic carbocycles. The first-order valence-electron chi connectivity index (χ1n) is 10.8. The van der Waals surface area contributed by atoms with Gasteiger partial charge >= 0.3 is 0 Å². The molecule has 1 aliphatic carbocycles. The van der Waals surface area contributed by atoms with Gasteiger partial charge in [0.1, 0.15) is 5.75 Å². The van der Waals surface area contributed by atoms with Crippen molar-refractivity contribution in [1.82, 2.24) is 14.4 Å². The van der Waals surface area contributed by atoms with E-state index in [9.17, 15) is 9.90 Å². The number of aryl methyl sites for hydroxylation is 1. The maximum absolute atomic E-state index is 13.5. The molecular weight excluding hydrogens is 366 g/mol. The Morgan fingerprint density at radius 2 is 1.93 bits per heavy atom. The summed E-state index contributed by atoms with van der Waals surface area (Å²) in [6.45, 7) is 2.55. The van der Waals surface area contributed by atoms with E-state index in [1.165, 1.54) is 10.9 Å². The summed E-state index contributed by atoms with van der Waals surface area (Å²) in [5, 5.41) is 11.6. The molecular formula is C23H31N3O3. The number of hydrogen-bond donors (Lipinski definition) is 1. The first-order chi connectivity index (χ1) is 14.0.